The molecule has 144 valence electrons. The lowest BCUT2D eigenvalue weighted by Crippen LogP contribution is -2.42. The summed E-state index contributed by atoms with van der Waals surface area (Å²) in [5, 5.41) is 0.499. The molecule has 1 amide bonds. The van der Waals surface area contributed by atoms with E-state index in [2.05, 4.69) is 0 Å². The summed E-state index contributed by atoms with van der Waals surface area (Å²) in [7, 11) is 3.27. The zero-order valence-corrected chi connectivity index (χ0v) is 16.5. The number of amides is 1. The number of pyridine rings is 1. The third-order valence-corrected chi connectivity index (χ3v) is 5.14. The van der Waals surface area contributed by atoms with Gasteiger partial charge < -0.3 is 18.9 Å². The average Bonchev–Trinajstić information content (AvgIpc) is 2.66. The predicted octanol–water partition coefficient (Wildman–Crippen LogP) is 3.04. The van der Waals surface area contributed by atoms with Crippen molar-refractivity contribution in [1.82, 2.24) is 9.47 Å². The Morgan fingerprint density at radius 2 is 1.89 bits per heavy atom. The van der Waals surface area contributed by atoms with Crippen LogP contribution in [0, 0.1) is 6.92 Å². The van der Waals surface area contributed by atoms with Gasteiger partial charge in [0, 0.05) is 49.8 Å². The summed E-state index contributed by atoms with van der Waals surface area (Å²) in [6, 6.07) is 8.39. The van der Waals surface area contributed by atoms with E-state index in [1.807, 2.05) is 13.0 Å². The number of ether oxygens (including phenoxy) is 2. The fourth-order valence-electron chi connectivity index (χ4n) is 3.19. The molecule has 2 heterocycles. The van der Waals surface area contributed by atoms with Crippen LogP contribution in [0.25, 0.3) is 0 Å². The first-order chi connectivity index (χ1) is 12.9. The van der Waals surface area contributed by atoms with Gasteiger partial charge in [0.25, 0.3) is 11.5 Å². The molecule has 0 spiro atoms. The van der Waals surface area contributed by atoms with Gasteiger partial charge in [0.05, 0.1) is 12.7 Å². The summed E-state index contributed by atoms with van der Waals surface area (Å²) >= 11 is 6.03. The number of aryl methyl sites for hydroxylation is 1. The highest BCUT2D eigenvalue weighted by Crippen LogP contribution is 2.26. The Labute approximate surface area is 163 Å². The minimum absolute atomic E-state index is 0.0261. The molecule has 1 aliphatic heterocycles. The van der Waals surface area contributed by atoms with E-state index in [0.29, 0.717) is 48.0 Å². The molecular weight excluding hydrogens is 368 g/mol. The second-order valence-corrected chi connectivity index (χ2v) is 7.12. The molecular formula is C20H23ClN2O4. The predicted molar refractivity (Wildman–Crippen MR) is 104 cm³/mol. The first-order valence-electron chi connectivity index (χ1n) is 8.86. The van der Waals surface area contributed by atoms with Gasteiger partial charge in [0.1, 0.15) is 17.6 Å². The van der Waals surface area contributed by atoms with Crippen LogP contribution in [0.4, 0.5) is 0 Å². The molecule has 27 heavy (non-hydrogen) atoms. The van der Waals surface area contributed by atoms with Crippen LogP contribution in [0.5, 0.6) is 11.5 Å². The van der Waals surface area contributed by atoms with Gasteiger partial charge in [-0.25, -0.2) is 0 Å². The summed E-state index contributed by atoms with van der Waals surface area (Å²) in [5.74, 6) is 0.993. The minimum atomic E-state index is -0.0998. The number of hydrogen-bond donors (Lipinski definition) is 0. The van der Waals surface area contributed by atoms with Crippen molar-refractivity contribution >= 4 is 17.5 Å². The maximum absolute atomic E-state index is 12.8. The summed E-state index contributed by atoms with van der Waals surface area (Å²) in [6.45, 7) is 3.01. The molecule has 0 N–H and O–H groups in total. The Kier molecular flexibility index (Phi) is 5.75. The second kappa shape index (κ2) is 8.05. The maximum Gasteiger partial charge on any atom is 0.257 e. The molecule has 1 fully saturated rings. The zero-order valence-electron chi connectivity index (χ0n) is 15.7. The van der Waals surface area contributed by atoms with Crippen LogP contribution < -0.4 is 15.0 Å². The van der Waals surface area contributed by atoms with Crippen LogP contribution in [-0.2, 0) is 7.05 Å². The Hall–Kier alpha value is -2.47. The number of carbonyl (C=O) groups excluding carboxylic acids is 1. The van der Waals surface area contributed by atoms with Crippen LogP contribution in [0.15, 0.2) is 35.1 Å². The van der Waals surface area contributed by atoms with E-state index in [0.717, 1.165) is 5.69 Å². The van der Waals surface area contributed by atoms with E-state index < -0.39 is 0 Å². The maximum atomic E-state index is 12.8. The van der Waals surface area contributed by atoms with Crippen LogP contribution >= 0.6 is 11.6 Å². The number of nitrogens with zero attached hydrogens (tertiary/aromatic N) is 2. The molecule has 0 atom stereocenters. The second-order valence-electron chi connectivity index (χ2n) is 6.68. The van der Waals surface area contributed by atoms with Crippen LogP contribution in [0.3, 0.4) is 0 Å². The highest BCUT2D eigenvalue weighted by Gasteiger charge is 2.26. The standard InChI is InChI=1S/C20H23ClN2O4/c1-13-10-16(12-19(24)22(13)2)27-15-6-8-23(9-7-15)20(25)17-11-14(21)4-5-18(17)26-3/h4-5,10-12,15H,6-9H2,1-3H3. The summed E-state index contributed by atoms with van der Waals surface area (Å²) in [6.07, 6.45) is 1.37. The molecule has 7 heteroatoms. The summed E-state index contributed by atoms with van der Waals surface area (Å²) in [4.78, 5) is 26.5. The number of methoxy groups -OCH3 is 1. The van der Waals surface area contributed by atoms with E-state index in [1.54, 1.807) is 34.7 Å². The van der Waals surface area contributed by atoms with E-state index in [4.69, 9.17) is 21.1 Å². The minimum Gasteiger partial charge on any atom is -0.496 e. The first-order valence-corrected chi connectivity index (χ1v) is 9.24. The van der Waals surface area contributed by atoms with Gasteiger partial charge in [-0.3, -0.25) is 9.59 Å². The van der Waals surface area contributed by atoms with Crippen LogP contribution in [0.1, 0.15) is 28.9 Å². The normalized spacial score (nSPS) is 14.9. The molecule has 1 aromatic carbocycles. The number of aromatic nitrogens is 1. The quantitative estimate of drug-likeness (QED) is 0.805. The number of rotatable bonds is 4. The summed E-state index contributed by atoms with van der Waals surface area (Å²) < 4.78 is 12.8. The lowest BCUT2D eigenvalue weighted by Gasteiger charge is -2.32. The van der Waals surface area contributed by atoms with E-state index in [9.17, 15) is 9.59 Å². The lowest BCUT2D eigenvalue weighted by atomic mass is 10.1. The van der Waals surface area contributed by atoms with Gasteiger partial charge in [0.2, 0.25) is 0 Å². The highest BCUT2D eigenvalue weighted by atomic mass is 35.5. The van der Waals surface area contributed by atoms with Crippen LogP contribution in [-0.4, -0.2) is 41.7 Å². The molecule has 3 rings (SSSR count). The molecule has 1 saturated heterocycles. The molecule has 1 aliphatic rings. The molecule has 1 aromatic heterocycles. The van der Waals surface area contributed by atoms with Gasteiger partial charge >= 0.3 is 0 Å². The number of carbonyl (C=O) groups is 1. The number of halogens is 1. The Bertz CT molecular complexity index is 901. The van der Waals surface area contributed by atoms with Gasteiger partial charge in [0.15, 0.2) is 0 Å². The fourth-order valence-corrected chi connectivity index (χ4v) is 3.36. The highest BCUT2D eigenvalue weighted by molar-refractivity contribution is 6.31. The molecule has 0 saturated carbocycles. The van der Waals surface area contributed by atoms with Crippen molar-refractivity contribution in [2.45, 2.75) is 25.9 Å². The van der Waals surface area contributed by atoms with E-state index in [-0.39, 0.29) is 17.6 Å². The van der Waals surface area contributed by atoms with Gasteiger partial charge in [-0.2, -0.15) is 0 Å². The number of benzene rings is 1. The Morgan fingerprint density at radius 1 is 1.19 bits per heavy atom. The van der Waals surface area contributed by atoms with Gasteiger partial charge in [-0.1, -0.05) is 11.6 Å². The molecule has 0 aliphatic carbocycles. The third-order valence-electron chi connectivity index (χ3n) is 4.90. The molecule has 0 unspecified atom stereocenters. The van der Waals surface area contributed by atoms with Crippen molar-refractivity contribution < 1.29 is 14.3 Å². The Morgan fingerprint density at radius 3 is 2.52 bits per heavy atom. The first kappa shape index (κ1) is 19.3. The number of hydrogen-bond acceptors (Lipinski definition) is 4. The third kappa shape index (κ3) is 4.27. The lowest BCUT2D eigenvalue weighted by molar-refractivity contribution is 0.0592. The SMILES string of the molecule is COc1ccc(Cl)cc1C(=O)N1CCC(Oc2cc(C)n(C)c(=O)c2)CC1. The smallest absolute Gasteiger partial charge is 0.257 e. The van der Waals surface area contributed by atoms with Crippen molar-refractivity contribution in [3.8, 4) is 11.5 Å². The zero-order chi connectivity index (χ0) is 19.6. The molecule has 0 bridgehead atoms. The van der Waals surface area contributed by atoms with Gasteiger partial charge in [-0.15, -0.1) is 0 Å². The van der Waals surface area contributed by atoms with Crippen molar-refractivity contribution in [2.75, 3.05) is 20.2 Å². The van der Waals surface area contributed by atoms with E-state index in [1.165, 1.54) is 13.2 Å². The Balaban J connectivity index is 1.64. The van der Waals surface area contributed by atoms with Crippen molar-refractivity contribution in [2.24, 2.45) is 7.05 Å². The topological polar surface area (TPSA) is 60.8 Å². The van der Waals surface area contributed by atoms with Crippen LogP contribution in [0.2, 0.25) is 5.02 Å². The van der Waals surface area contributed by atoms with Crippen molar-refractivity contribution in [1.29, 1.82) is 0 Å². The molecule has 0 radical (unpaired) electrons. The summed E-state index contributed by atoms with van der Waals surface area (Å²) in [5.41, 5.74) is 1.22. The fraction of sp³-hybridized carbons (Fsp3) is 0.400. The van der Waals surface area contributed by atoms with Crippen molar-refractivity contribution in [3.63, 3.8) is 0 Å². The molecule has 6 nitrogen and oxygen atoms in total. The monoisotopic (exact) mass is 390 g/mol. The number of likely N-dealkylation sites (tertiary alicyclic amines) is 1. The average molecular weight is 391 g/mol. The number of piperidine rings is 1. The van der Waals surface area contributed by atoms with E-state index >= 15 is 0 Å². The van der Waals surface area contributed by atoms with Crippen molar-refractivity contribution in [3.05, 3.63) is 57.0 Å². The molecule has 2 aromatic rings. The van der Waals surface area contributed by atoms with Gasteiger partial charge in [-0.05, 0) is 31.2 Å². The largest absolute Gasteiger partial charge is 0.496 e.